The number of ether oxygens (including phenoxy) is 1. The third-order valence-electron chi connectivity index (χ3n) is 6.04. The molecule has 0 unspecified atom stereocenters. The Kier molecular flexibility index (Phi) is 4.58. The second-order valence-corrected chi connectivity index (χ2v) is 8.17. The van der Waals surface area contributed by atoms with Gasteiger partial charge in [-0.3, -0.25) is 0 Å². The van der Waals surface area contributed by atoms with Crippen LogP contribution in [-0.2, 0) is 6.42 Å². The highest BCUT2D eigenvalue weighted by Crippen LogP contribution is 2.41. The molecule has 0 bridgehead atoms. The lowest BCUT2D eigenvalue weighted by Gasteiger charge is -2.33. The summed E-state index contributed by atoms with van der Waals surface area (Å²) in [5, 5.41) is 1.70. The zero-order valence-corrected chi connectivity index (χ0v) is 16.3. The zero-order valence-electron chi connectivity index (χ0n) is 16.3. The van der Waals surface area contributed by atoms with Crippen LogP contribution in [0.25, 0.3) is 10.8 Å². The molecule has 1 fully saturated rings. The van der Waals surface area contributed by atoms with Gasteiger partial charge in [0.15, 0.2) is 11.6 Å². The minimum atomic E-state index is -2.71. The van der Waals surface area contributed by atoms with Gasteiger partial charge < -0.3 is 15.4 Å². The molecular formula is C23H19F5N2O. The van der Waals surface area contributed by atoms with Gasteiger partial charge in [0.05, 0.1) is 12.6 Å². The maximum Gasteiger partial charge on any atom is 0.266 e. The first-order chi connectivity index (χ1) is 14.7. The normalized spacial score (nSPS) is 22.5. The molecule has 2 heterocycles. The molecule has 0 aromatic heterocycles. The fraction of sp³-hybridized carbons (Fsp3) is 0.304. The fourth-order valence-corrected chi connectivity index (χ4v) is 4.44. The molecule has 0 spiro atoms. The van der Waals surface area contributed by atoms with E-state index in [4.69, 9.17) is 10.5 Å². The van der Waals surface area contributed by atoms with Gasteiger partial charge in [-0.25, -0.2) is 22.0 Å². The molecule has 5 rings (SSSR count). The summed E-state index contributed by atoms with van der Waals surface area (Å²) in [6.45, 7) is -0.0674. The van der Waals surface area contributed by atoms with Crippen LogP contribution in [0.2, 0.25) is 0 Å². The topological polar surface area (TPSA) is 38.5 Å². The van der Waals surface area contributed by atoms with Crippen molar-refractivity contribution in [2.45, 2.75) is 30.9 Å². The van der Waals surface area contributed by atoms with E-state index in [2.05, 4.69) is 0 Å². The van der Waals surface area contributed by atoms with E-state index >= 15 is 0 Å². The lowest BCUT2D eigenvalue weighted by molar-refractivity contribution is 0.0257. The van der Waals surface area contributed by atoms with E-state index in [1.54, 1.807) is 17.0 Å². The third-order valence-corrected chi connectivity index (χ3v) is 6.04. The van der Waals surface area contributed by atoms with Crippen LogP contribution >= 0.6 is 0 Å². The van der Waals surface area contributed by atoms with Crippen LogP contribution in [0.1, 0.15) is 23.7 Å². The van der Waals surface area contributed by atoms with Crippen LogP contribution in [0.5, 0.6) is 5.75 Å². The Bertz CT molecular complexity index is 1180. The summed E-state index contributed by atoms with van der Waals surface area (Å²) in [6, 6.07) is 9.57. The highest BCUT2D eigenvalue weighted by atomic mass is 19.3. The highest BCUT2D eigenvalue weighted by Gasteiger charge is 2.38. The van der Waals surface area contributed by atoms with Crippen molar-refractivity contribution < 1.29 is 26.7 Å². The molecule has 2 atom stereocenters. The van der Waals surface area contributed by atoms with Gasteiger partial charge in [0.1, 0.15) is 17.7 Å². The molecule has 0 amide bonds. The van der Waals surface area contributed by atoms with Gasteiger partial charge >= 0.3 is 0 Å². The van der Waals surface area contributed by atoms with Gasteiger partial charge in [0, 0.05) is 35.8 Å². The van der Waals surface area contributed by atoms with Crippen LogP contribution < -0.4 is 15.4 Å². The predicted octanol–water partition coefficient (Wildman–Crippen LogP) is 5.11. The number of nitrogens with two attached hydrogens (primary N) is 1. The first-order valence-electron chi connectivity index (χ1n) is 9.97. The minimum absolute atomic E-state index is 0.148. The van der Waals surface area contributed by atoms with Crippen molar-refractivity contribution in [3.8, 4) is 5.75 Å². The van der Waals surface area contributed by atoms with Gasteiger partial charge in [-0.2, -0.15) is 0 Å². The molecule has 0 aliphatic carbocycles. The number of nitrogens with zero attached hydrogens (tertiary/aromatic N) is 1. The Labute approximate surface area is 175 Å². The van der Waals surface area contributed by atoms with Gasteiger partial charge in [-0.05, 0) is 41.5 Å². The largest absolute Gasteiger partial charge is 0.484 e. The molecule has 2 N–H and O–H groups in total. The molecule has 162 valence electrons. The second-order valence-electron chi connectivity index (χ2n) is 8.17. The lowest BCUT2D eigenvalue weighted by Crippen LogP contribution is -2.38. The van der Waals surface area contributed by atoms with Gasteiger partial charge in [0.2, 0.25) is 0 Å². The van der Waals surface area contributed by atoms with E-state index < -0.39 is 35.5 Å². The van der Waals surface area contributed by atoms with Gasteiger partial charge in [-0.1, -0.05) is 12.1 Å². The molecule has 2 aliphatic rings. The van der Waals surface area contributed by atoms with E-state index in [0.717, 1.165) is 22.4 Å². The average Bonchev–Trinajstić information content (AvgIpc) is 3.10. The van der Waals surface area contributed by atoms with Crippen LogP contribution in [0, 0.1) is 17.5 Å². The Morgan fingerprint density at radius 3 is 2.45 bits per heavy atom. The summed E-state index contributed by atoms with van der Waals surface area (Å²) in [5.41, 5.74) is 7.56. The zero-order chi connectivity index (χ0) is 21.9. The molecule has 0 radical (unpaired) electrons. The Hall–Kier alpha value is -2.87. The number of hydrogen-bond acceptors (Lipinski definition) is 3. The Morgan fingerprint density at radius 1 is 0.968 bits per heavy atom. The molecular weight excluding hydrogens is 415 g/mol. The molecule has 8 heteroatoms. The van der Waals surface area contributed by atoms with E-state index in [9.17, 15) is 22.0 Å². The molecule has 3 aromatic carbocycles. The minimum Gasteiger partial charge on any atom is -0.484 e. The lowest BCUT2D eigenvalue weighted by atomic mass is 9.90. The smallest absolute Gasteiger partial charge is 0.266 e. The Balaban J connectivity index is 1.53. The summed E-state index contributed by atoms with van der Waals surface area (Å²) in [4.78, 5) is 1.64. The monoisotopic (exact) mass is 434 g/mol. The quantitative estimate of drug-likeness (QED) is 0.450. The molecule has 1 saturated heterocycles. The van der Waals surface area contributed by atoms with Crippen LogP contribution in [0.4, 0.5) is 27.6 Å². The molecule has 31 heavy (non-hydrogen) atoms. The molecule has 0 saturated carbocycles. The predicted molar refractivity (Wildman–Crippen MR) is 107 cm³/mol. The number of benzene rings is 3. The van der Waals surface area contributed by atoms with Crippen molar-refractivity contribution in [1.82, 2.24) is 0 Å². The van der Waals surface area contributed by atoms with Crippen molar-refractivity contribution in [1.29, 1.82) is 0 Å². The number of hydrogen-bond donors (Lipinski definition) is 1. The summed E-state index contributed by atoms with van der Waals surface area (Å²) < 4.78 is 74.5. The average molecular weight is 434 g/mol. The van der Waals surface area contributed by atoms with E-state index in [-0.39, 0.29) is 25.1 Å². The van der Waals surface area contributed by atoms with Gasteiger partial charge in [0.25, 0.3) is 5.92 Å². The maximum atomic E-state index is 14.3. The second kappa shape index (κ2) is 7.09. The van der Waals surface area contributed by atoms with Crippen LogP contribution in [0.3, 0.4) is 0 Å². The number of halogens is 5. The summed E-state index contributed by atoms with van der Waals surface area (Å²) in [5.74, 6) is -5.65. The summed E-state index contributed by atoms with van der Waals surface area (Å²) >= 11 is 0. The van der Waals surface area contributed by atoms with Crippen molar-refractivity contribution in [2.75, 3.05) is 18.0 Å². The fourth-order valence-electron chi connectivity index (χ4n) is 4.44. The van der Waals surface area contributed by atoms with Crippen molar-refractivity contribution >= 4 is 16.5 Å². The van der Waals surface area contributed by atoms with Gasteiger partial charge in [-0.15, -0.1) is 0 Å². The summed E-state index contributed by atoms with van der Waals surface area (Å²) in [6.07, 6.45) is -0.872. The molecule has 2 aliphatic heterocycles. The number of alkyl halides is 2. The van der Waals surface area contributed by atoms with E-state index in [1.165, 1.54) is 0 Å². The number of rotatable bonds is 2. The molecule has 3 aromatic rings. The van der Waals surface area contributed by atoms with Crippen molar-refractivity contribution in [3.05, 3.63) is 71.0 Å². The van der Waals surface area contributed by atoms with E-state index in [1.807, 2.05) is 18.2 Å². The standard InChI is InChI=1S/C23H19F5N2O/c24-17-10-19(26)18(25)8-16(17)22-20(29)9-15-14-7-13(30-6-5-23(27,28)11-30)3-1-12(14)2-4-21(15)31-22/h1-4,7-8,10,20,22H,5-6,9,11,29H2/t20-,22+/m0/s1. The van der Waals surface area contributed by atoms with Crippen molar-refractivity contribution in [2.24, 2.45) is 5.73 Å². The number of anilines is 1. The van der Waals surface area contributed by atoms with Crippen molar-refractivity contribution in [3.63, 3.8) is 0 Å². The maximum absolute atomic E-state index is 14.3. The first kappa shape index (κ1) is 20.1. The van der Waals surface area contributed by atoms with Crippen LogP contribution in [0.15, 0.2) is 42.5 Å². The van der Waals surface area contributed by atoms with E-state index in [0.29, 0.717) is 23.9 Å². The highest BCUT2D eigenvalue weighted by molar-refractivity contribution is 5.91. The van der Waals surface area contributed by atoms with Crippen LogP contribution in [-0.4, -0.2) is 25.1 Å². The summed E-state index contributed by atoms with van der Waals surface area (Å²) in [7, 11) is 0. The Morgan fingerprint density at radius 2 is 1.71 bits per heavy atom. The SMILES string of the molecule is N[C@H]1Cc2c(ccc3ccc(N4CCC(F)(F)C4)cc23)O[C@@H]1c1cc(F)c(F)cc1F. The third kappa shape index (κ3) is 3.48. The first-order valence-corrected chi connectivity index (χ1v) is 9.97. The molecule has 3 nitrogen and oxygen atoms in total. The number of fused-ring (bicyclic) bond motifs is 3.